The van der Waals surface area contributed by atoms with Gasteiger partial charge in [-0.1, -0.05) is 46.8 Å². The van der Waals surface area contributed by atoms with Gasteiger partial charge in [0.1, 0.15) is 5.01 Å². The number of nitro benzene ring substituents is 2. The number of rotatable bonds is 6. The van der Waals surface area contributed by atoms with Crippen LogP contribution in [0.5, 0.6) is 0 Å². The quantitative estimate of drug-likeness (QED) is 0.321. The van der Waals surface area contributed by atoms with Crippen LogP contribution in [0.3, 0.4) is 0 Å². The van der Waals surface area contributed by atoms with Crippen molar-refractivity contribution in [2.24, 2.45) is 0 Å². The van der Waals surface area contributed by atoms with E-state index in [0.29, 0.717) is 19.9 Å². The standard InChI is InChI=1S/C15H9ClN4O4S2/c16-11-4-1-9(2-5-11)14-17-18-15(26-14)25-8-10-3-6-12(19(21)22)7-13(10)20(23)24/h1-7H,8H2. The first-order chi connectivity index (χ1) is 12.4. The summed E-state index contributed by atoms with van der Waals surface area (Å²) < 4.78 is 0.641. The van der Waals surface area contributed by atoms with Crippen LogP contribution >= 0.6 is 34.7 Å². The number of benzene rings is 2. The number of non-ortho nitro benzene ring substituents is 1. The zero-order chi connectivity index (χ0) is 18.7. The molecule has 26 heavy (non-hydrogen) atoms. The molecule has 3 rings (SSSR count). The van der Waals surface area contributed by atoms with Crippen molar-refractivity contribution in [2.75, 3.05) is 0 Å². The smallest absolute Gasteiger partial charge is 0.258 e. The number of thioether (sulfide) groups is 1. The van der Waals surface area contributed by atoms with Crippen LogP contribution in [0.4, 0.5) is 11.4 Å². The lowest BCUT2D eigenvalue weighted by Crippen LogP contribution is -1.96. The summed E-state index contributed by atoms with van der Waals surface area (Å²) in [5.41, 5.74) is 0.662. The third-order valence-electron chi connectivity index (χ3n) is 3.33. The highest BCUT2D eigenvalue weighted by Gasteiger charge is 2.20. The van der Waals surface area contributed by atoms with Crippen molar-refractivity contribution in [1.82, 2.24) is 10.2 Å². The van der Waals surface area contributed by atoms with E-state index in [1.165, 1.54) is 35.2 Å². The van der Waals surface area contributed by atoms with Gasteiger partial charge in [-0.05, 0) is 18.2 Å². The molecule has 0 radical (unpaired) electrons. The molecule has 0 bridgehead atoms. The molecule has 0 aliphatic carbocycles. The van der Waals surface area contributed by atoms with Crippen molar-refractivity contribution < 1.29 is 9.85 Å². The summed E-state index contributed by atoms with van der Waals surface area (Å²) in [7, 11) is 0. The molecule has 0 atom stereocenters. The van der Waals surface area contributed by atoms with Crippen LogP contribution in [-0.2, 0) is 5.75 Å². The Morgan fingerprint density at radius 3 is 2.42 bits per heavy atom. The molecule has 0 N–H and O–H groups in total. The normalized spacial score (nSPS) is 10.7. The van der Waals surface area contributed by atoms with E-state index in [4.69, 9.17) is 11.6 Å². The summed E-state index contributed by atoms with van der Waals surface area (Å²) in [4.78, 5) is 20.7. The van der Waals surface area contributed by atoms with E-state index in [9.17, 15) is 20.2 Å². The lowest BCUT2D eigenvalue weighted by molar-refractivity contribution is -0.394. The molecule has 0 saturated carbocycles. The Bertz CT molecular complexity index is 978. The van der Waals surface area contributed by atoms with Gasteiger partial charge < -0.3 is 0 Å². The van der Waals surface area contributed by atoms with Gasteiger partial charge in [0.05, 0.1) is 15.9 Å². The summed E-state index contributed by atoms with van der Waals surface area (Å²) in [6.07, 6.45) is 0. The van der Waals surface area contributed by atoms with Crippen LogP contribution in [0.25, 0.3) is 10.6 Å². The van der Waals surface area contributed by atoms with Crippen LogP contribution < -0.4 is 0 Å². The van der Waals surface area contributed by atoms with E-state index < -0.39 is 9.85 Å². The third kappa shape index (κ3) is 4.15. The molecule has 3 aromatic rings. The minimum Gasteiger partial charge on any atom is -0.258 e. The van der Waals surface area contributed by atoms with Gasteiger partial charge in [-0.25, -0.2) is 0 Å². The summed E-state index contributed by atoms with van der Waals surface area (Å²) in [5.74, 6) is 0.254. The summed E-state index contributed by atoms with van der Waals surface area (Å²) in [6, 6.07) is 10.8. The SMILES string of the molecule is O=[N+]([O-])c1ccc(CSc2nnc(-c3ccc(Cl)cc3)s2)c([N+](=O)[O-])c1. The van der Waals surface area contributed by atoms with Crippen molar-refractivity contribution in [1.29, 1.82) is 0 Å². The molecule has 1 aromatic heterocycles. The second-order valence-corrected chi connectivity index (χ2v) is 7.63. The summed E-state index contributed by atoms with van der Waals surface area (Å²) in [5, 5.41) is 31.4. The number of nitro groups is 2. The van der Waals surface area contributed by atoms with Crippen LogP contribution in [0, 0.1) is 20.2 Å². The summed E-state index contributed by atoms with van der Waals surface area (Å²) in [6.45, 7) is 0. The van der Waals surface area contributed by atoms with Crippen molar-refractivity contribution >= 4 is 46.1 Å². The van der Waals surface area contributed by atoms with Gasteiger partial charge in [-0.3, -0.25) is 20.2 Å². The maximum absolute atomic E-state index is 11.2. The Morgan fingerprint density at radius 1 is 1.04 bits per heavy atom. The topological polar surface area (TPSA) is 112 Å². The highest BCUT2D eigenvalue weighted by Crippen LogP contribution is 2.34. The van der Waals surface area contributed by atoms with Gasteiger partial charge in [0.25, 0.3) is 11.4 Å². The fourth-order valence-corrected chi connectivity index (χ4v) is 4.05. The fourth-order valence-electron chi connectivity index (χ4n) is 2.07. The minimum absolute atomic E-state index is 0.254. The first-order valence-corrected chi connectivity index (χ1v) is 9.26. The molecular weight excluding hydrogens is 400 g/mol. The van der Waals surface area contributed by atoms with Crippen LogP contribution in [0.2, 0.25) is 5.02 Å². The minimum atomic E-state index is -0.660. The second kappa shape index (κ2) is 7.77. The molecule has 0 unspecified atom stereocenters. The summed E-state index contributed by atoms with van der Waals surface area (Å²) >= 11 is 8.49. The van der Waals surface area contributed by atoms with E-state index in [1.54, 1.807) is 12.1 Å². The molecule has 8 nitrogen and oxygen atoms in total. The molecule has 11 heteroatoms. The van der Waals surface area contributed by atoms with Crippen LogP contribution in [-0.4, -0.2) is 20.0 Å². The second-order valence-electron chi connectivity index (χ2n) is 5.00. The van der Waals surface area contributed by atoms with E-state index in [0.717, 1.165) is 11.6 Å². The Balaban J connectivity index is 1.76. The first kappa shape index (κ1) is 18.2. The number of nitrogens with zero attached hydrogens (tertiary/aromatic N) is 4. The molecule has 2 aromatic carbocycles. The first-order valence-electron chi connectivity index (χ1n) is 7.08. The average molecular weight is 409 g/mol. The van der Waals surface area contributed by atoms with Gasteiger partial charge in [0, 0.05) is 28.0 Å². The van der Waals surface area contributed by atoms with Gasteiger partial charge in [0.2, 0.25) is 0 Å². The van der Waals surface area contributed by atoms with Crippen molar-refractivity contribution in [3.05, 3.63) is 73.3 Å². The molecule has 0 aliphatic heterocycles. The molecule has 0 fully saturated rings. The number of hydrogen-bond donors (Lipinski definition) is 0. The highest BCUT2D eigenvalue weighted by molar-refractivity contribution is 8.00. The molecule has 0 aliphatic rings. The van der Waals surface area contributed by atoms with E-state index in [2.05, 4.69) is 10.2 Å². The Labute approximate surface area is 160 Å². The molecule has 1 heterocycles. The maximum Gasteiger partial charge on any atom is 0.280 e. The molecule has 132 valence electrons. The molecule has 0 saturated heterocycles. The van der Waals surface area contributed by atoms with Crippen molar-refractivity contribution in [3.63, 3.8) is 0 Å². The van der Waals surface area contributed by atoms with Gasteiger partial charge in [-0.15, -0.1) is 10.2 Å². The monoisotopic (exact) mass is 408 g/mol. The average Bonchev–Trinajstić information content (AvgIpc) is 3.09. The fraction of sp³-hybridized carbons (Fsp3) is 0.0667. The molecule has 0 spiro atoms. The zero-order valence-corrected chi connectivity index (χ0v) is 15.3. The van der Waals surface area contributed by atoms with Crippen molar-refractivity contribution in [3.8, 4) is 10.6 Å². The maximum atomic E-state index is 11.2. The number of halogens is 1. The van der Waals surface area contributed by atoms with Crippen LogP contribution in [0.15, 0.2) is 46.8 Å². The third-order valence-corrected chi connectivity index (χ3v) is 5.73. The Kier molecular flexibility index (Phi) is 5.45. The number of aromatic nitrogens is 2. The lowest BCUT2D eigenvalue weighted by atomic mass is 10.2. The van der Waals surface area contributed by atoms with Gasteiger partial charge in [-0.2, -0.15) is 0 Å². The number of hydrogen-bond acceptors (Lipinski definition) is 8. The van der Waals surface area contributed by atoms with E-state index in [1.807, 2.05) is 12.1 Å². The Hall–Kier alpha value is -2.56. The highest BCUT2D eigenvalue weighted by atomic mass is 35.5. The largest absolute Gasteiger partial charge is 0.280 e. The van der Waals surface area contributed by atoms with E-state index >= 15 is 0 Å². The van der Waals surface area contributed by atoms with Gasteiger partial charge >= 0.3 is 0 Å². The van der Waals surface area contributed by atoms with E-state index in [-0.39, 0.29) is 17.1 Å². The lowest BCUT2D eigenvalue weighted by Gasteiger charge is -2.01. The predicted octanol–water partition coefficient (Wildman–Crippen LogP) is 4.97. The van der Waals surface area contributed by atoms with Gasteiger partial charge in [0.15, 0.2) is 4.34 Å². The van der Waals surface area contributed by atoms with Crippen LogP contribution in [0.1, 0.15) is 5.56 Å². The molecular formula is C15H9ClN4O4S2. The van der Waals surface area contributed by atoms with Crippen molar-refractivity contribution in [2.45, 2.75) is 10.1 Å². The predicted molar refractivity (Wildman–Crippen MR) is 99.7 cm³/mol. The molecule has 0 amide bonds. The Morgan fingerprint density at radius 2 is 1.77 bits per heavy atom. The zero-order valence-electron chi connectivity index (χ0n) is 12.9.